The van der Waals surface area contributed by atoms with Crippen molar-refractivity contribution in [3.8, 4) is 11.3 Å². The second-order valence-electron chi connectivity index (χ2n) is 5.33. The topological polar surface area (TPSA) is 35.6 Å². The third-order valence-electron chi connectivity index (χ3n) is 3.76. The molecule has 2 aromatic carbocycles. The number of nitrogens with zero attached hydrogens (tertiary/aromatic N) is 4. The Hall–Kier alpha value is -1.66. The van der Waals surface area contributed by atoms with Crippen molar-refractivity contribution in [3.63, 3.8) is 0 Å². The number of hydrogen-bond acceptors (Lipinski definition) is 2. The van der Waals surface area contributed by atoms with Crippen molar-refractivity contribution in [2.75, 3.05) is 0 Å². The third-order valence-corrected chi connectivity index (χ3v) is 4.71. The smallest absolute Gasteiger partial charge is 0.102 e. The van der Waals surface area contributed by atoms with Crippen molar-refractivity contribution in [3.05, 3.63) is 45.5 Å². The Morgan fingerprint density at radius 3 is 2.59 bits per heavy atom. The summed E-state index contributed by atoms with van der Waals surface area (Å²) in [7, 11) is 3.90. The van der Waals surface area contributed by atoms with Crippen LogP contribution in [-0.2, 0) is 14.1 Å². The standard InChI is InChI=1S/C16H12Br2N4/c1-21-8-9-5-11(18)7-13(15(9)19-21)16-12-6-10(17)3-4-14(12)22(2)20-16/h3-8H,1-2H3. The first kappa shape index (κ1) is 14.0. The molecule has 0 saturated heterocycles. The predicted octanol–water partition coefficient (Wildman–Crippen LogP) is 4.65. The van der Waals surface area contributed by atoms with E-state index in [1.807, 2.05) is 35.7 Å². The van der Waals surface area contributed by atoms with Crippen molar-refractivity contribution >= 4 is 53.7 Å². The van der Waals surface area contributed by atoms with E-state index < -0.39 is 0 Å². The highest BCUT2D eigenvalue weighted by atomic mass is 79.9. The summed E-state index contributed by atoms with van der Waals surface area (Å²) in [5, 5.41) is 11.5. The van der Waals surface area contributed by atoms with E-state index >= 15 is 0 Å². The van der Waals surface area contributed by atoms with Crippen molar-refractivity contribution < 1.29 is 0 Å². The van der Waals surface area contributed by atoms with Gasteiger partial charge in [-0.3, -0.25) is 9.36 Å². The summed E-state index contributed by atoms with van der Waals surface area (Å²) >= 11 is 7.14. The van der Waals surface area contributed by atoms with Gasteiger partial charge in [0.15, 0.2) is 0 Å². The molecule has 2 heterocycles. The molecule has 22 heavy (non-hydrogen) atoms. The lowest BCUT2D eigenvalue weighted by atomic mass is 10.1. The molecule has 0 amide bonds. The zero-order valence-corrected chi connectivity index (χ0v) is 15.2. The number of benzene rings is 2. The maximum absolute atomic E-state index is 4.73. The largest absolute Gasteiger partial charge is 0.275 e. The molecule has 2 aromatic heterocycles. The zero-order chi connectivity index (χ0) is 15.4. The molecule has 110 valence electrons. The van der Waals surface area contributed by atoms with Gasteiger partial charge in [-0.1, -0.05) is 31.9 Å². The predicted molar refractivity (Wildman–Crippen MR) is 95.8 cm³/mol. The molecule has 0 fully saturated rings. The van der Waals surface area contributed by atoms with Crippen LogP contribution in [0.25, 0.3) is 33.1 Å². The van der Waals surface area contributed by atoms with E-state index in [1.165, 1.54) is 0 Å². The highest BCUT2D eigenvalue weighted by Gasteiger charge is 2.16. The molecule has 4 rings (SSSR count). The Morgan fingerprint density at radius 1 is 0.955 bits per heavy atom. The fraction of sp³-hybridized carbons (Fsp3) is 0.125. The highest BCUT2D eigenvalue weighted by Crippen LogP contribution is 2.35. The molecule has 0 aliphatic carbocycles. The van der Waals surface area contributed by atoms with Gasteiger partial charge < -0.3 is 0 Å². The van der Waals surface area contributed by atoms with E-state index in [-0.39, 0.29) is 0 Å². The molecule has 0 radical (unpaired) electrons. The first-order chi connectivity index (χ1) is 10.5. The molecule has 0 aliphatic rings. The monoisotopic (exact) mass is 418 g/mol. The van der Waals surface area contributed by atoms with Crippen LogP contribution in [0.4, 0.5) is 0 Å². The Labute approximate surface area is 144 Å². The molecule has 4 nitrogen and oxygen atoms in total. The minimum absolute atomic E-state index is 0.948. The van der Waals surface area contributed by atoms with Gasteiger partial charge in [0.25, 0.3) is 0 Å². The van der Waals surface area contributed by atoms with E-state index in [0.717, 1.165) is 42.0 Å². The summed E-state index contributed by atoms with van der Waals surface area (Å²) in [6.45, 7) is 0. The molecule has 0 N–H and O–H groups in total. The van der Waals surface area contributed by atoms with Gasteiger partial charge in [0.05, 0.1) is 5.52 Å². The summed E-state index contributed by atoms with van der Waals surface area (Å²) in [5.41, 5.74) is 4.05. The van der Waals surface area contributed by atoms with Gasteiger partial charge in [0, 0.05) is 45.6 Å². The van der Waals surface area contributed by atoms with E-state index in [2.05, 4.69) is 61.2 Å². The summed E-state index contributed by atoms with van der Waals surface area (Å²) in [4.78, 5) is 0. The first-order valence-electron chi connectivity index (χ1n) is 6.78. The van der Waals surface area contributed by atoms with Gasteiger partial charge in [0.1, 0.15) is 11.2 Å². The van der Waals surface area contributed by atoms with Crippen LogP contribution in [0.1, 0.15) is 0 Å². The minimum Gasteiger partial charge on any atom is -0.275 e. The van der Waals surface area contributed by atoms with Gasteiger partial charge in [-0.15, -0.1) is 0 Å². The molecule has 0 unspecified atom stereocenters. The Morgan fingerprint density at radius 2 is 1.77 bits per heavy atom. The van der Waals surface area contributed by atoms with Crippen LogP contribution in [0.2, 0.25) is 0 Å². The van der Waals surface area contributed by atoms with Crippen molar-refractivity contribution in [1.82, 2.24) is 19.6 Å². The van der Waals surface area contributed by atoms with Gasteiger partial charge in [-0.2, -0.15) is 10.2 Å². The minimum atomic E-state index is 0.948. The van der Waals surface area contributed by atoms with Gasteiger partial charge >= 0.3 is 0 Å². The van der Waals surface area contributed by atoms with Gasteiger partial charge in [-0.25, -0.2) is 0 Å². The molecule has 0 saturated carbocycles. The number of rotatable bonds is 1. The maximum Gasteiger partial charge on any atom is 0.102 e. The average molecular weight is 420 g/mol. The van der Waals surface area contributed by atoms with Crippen LogP contribution in [0.3, 0.4) is 0 Å². The number of hydrogen-bond donors (Lipinski definition) is 0. The van der Waals surface area contributed by atoms with Crippen LogP contribution in [0.5, 0.6) is 0 Å². The summed E-state index contributed by atoms with van der Waals surface area (Å²) in [6, 6.07) is 10.4. The van der Waals surface area contributed by atoms with Crippen LogP contribution in [0.15, 0.2) is 45.5 Å². The first-order valence-corrected chi connectivity index (χ1v) is 8.37. The zero-order valence-electron chi connectivity index (χ0n) is 12.0. The third kappa shape index (κ3) is 2.09. The van der Waals surface area contributed by atoms with Crippen LogP contribution in [-0.4, -0.2) is 19.6 Å². The summed E-state index contributed by atoms with van der Waals surface area (Å²) in [5.74, 6) is 0. The molecule has 0 aliphatic heterocycles. The molecule has 0 bridgehead atoms. The highest BCUT2D eigenvalue weighted by molar-refractivity contribution is 9.10. The van der Waals surface area contributed by atoms with Crippen LogP contribution in [0, 0.1) is 0 Å². The quantitative estimate of drug-likeness (QED) is 0.450. The van der Waals surface area contributed by atoms with E-state index in [4.69, 9.17) is 5.10 Å². The second-order valence-corrected chi connectivity index (χ2v) is 7.16. The number of fused-ring (bicyclic) bond motifs is 2. The molecule has 0 spiro atoms. The van der Waals surface area contributed by atoms with Crippen LogP contribution >= 0.6 is 31.9 Å². The normalized spacial score (nSPS) is 11.6. The lowest BCUT2D eigenvalue weighted by molar-refractivity contribution is 0.779. The molecule has 4 aromatic rings. The van der Waals surface area contributed by atoms with E-state index in [1.54, 1.807) is 0 Å². The van der Waals surface area contributed by atoms with E-state index in [9.17, 15) is 0 Å². The van der Waals surface area contributed by atoms with Crippen LogP contribution < -0.4 is 0 Å². The number of aromatic nitrogens is 4. The average Bonchev–Trinajstić information content (AvgIpc) is 2.97. The molecule has 6 heteroatoms. The molecular weight excluding hydrogens is 408 g/mol. The second kappa shape index (κ2) is 4.93. The van der Waals surface area contributed by atoms with Gasteiger partial charge in [-0.05, 0) is 30.3 Å². The van der Waals surface area contributed by atoms with Crippen molar-refractivity contribution in [1.29, 1.82) is 0 Å². The Balaban J connectivity index is 2.13. The molecule has 0 atom stereocenters. The van der Waals surface area contributed by atoms with Crippen molar-refractivity contribution in [2.24, 2.45) is 14.1 Å². The van der Waals surface area contributed by atoms with Crippen molar-refractivity contribution in [2.45, 2.75) is 0 Å². The lowest BCUT2D eigenvalue weighted by Crippen LogP contribution is -1.90. The Kier molecular flexibility index (Phi) is 3.13. The fourth-order valence-corrected chi connectivity index (χ4v) is 3.67. The molecular formula is C16H12Br2N4. The maximum atomic E-state index is 4.73. The summed E-state index contributed by atoms with van der Waals surface area (Å²) < 4.78 is 5.81. The SMILES string of the molecule is Cn1cc2cc(Br)cc(-c3nn(C)c4ccc(Br)cc34)c2n1. The number of aryl methyl sites for hydroxylation is 2. The van der Waals surface area contributed by atoms with E-state index in [0.29, 0.717) is 0 Å². The number of halogens is 2. The Bertz CT molecular complexity index is 1030. The summed E-state index contributed by atoms with van der Waals surface area (Å²) in [6.07, 6.45) is 2.02. The fourth-order valence-electron chi connectivity index (χ4n) is 2.84. The van der Waals surface area contributed by atoms with Gasteiger partial charge in [0.2, 0.25) is 0 Å². The lowest BCUT2D eigenvalue weighted by Gasteiger charge is -2.01.